The summed E-state index contributed by atoms with van der Waals surface area (Å²) in [6, 6.07) is 13.4. The lowest BCUT2D eigenvalue weighted by Gasteiger charge is -2.23. The maximum Gasteiger partial charge on any atom is 0.174 e. The first-order valence-corrected chi connectivity index (χ1v) is 15.8. The molecule has 0 bridgehead atoms. The summed E-state index contributed by atoms with van der Waals surface area (Å²) >= 11 is 1.10. The number of rotatable bonds is 13. The van der Waals surface area contributed by atoms with Crippen molar-refractivity contribution in [1.29, 1.82) is 0 Å². The zero-order chi connectivity index (χ0) is 30.4. The predicted octanol–water partition coefficient (Wildman–Crippen LogP) is 6.18. The molecule has 0 atom stereocenters. The van der Waals surface area contributed by atoms with E-state index in [4.69, 9.17) is 14.2 Å². The van der Waals surface area contributed by atoms with Crippen molar-refractivity contribution in [3.63, 3.8) is 0 Å². The summed E-state index contributed by atoms with van der Waals surface area (Å²) in [5.74, 6) is -0.531. The van der Waals surface area contributed by atoms with Crippen LogP contribution in [0.2, 0.25) is 0 Å². The number of ether oxygens (including phenoxy) is 3. The van der Waals surface area contributed by atoms with Crippen LogP contribution in [0, 0.1) is 17.5 Å². The molecule has 0 aliphatic rings. The van der Waals surface area contributed by atoms with Gasteiger partial charge in [-0.15, -0.1) is 0 Å². The van der Waals surface area contributed by atoms with Crippen molar-refractivity contribution in [2.75, 3.05) is 44.8 Å². The third kappa shape index (κ3) is 7.51. The molecule has 4 rings (SSSR count). The summed E-state index contributed by atoms with van der Waals surface area (Å²) in [5, 5.41) is 0.420. The molecular weight excluding hydrogens is 591 g/mol. The molecule has 1 heterocycles. The van der Waals surface area contributed by atoms with Crippen molar-refractivity contribution in [3.8, 4) is 22.9 Å². The number of thioether (sulfide) groups is 1. The number of hydrogen-bond donors (Lipinski definition) is 0. The van der Waals surface area contributed by atoms with Crippen LogP contribution < -0.4 is 19.1 Å². The average Bonchev–Trinajstić information content (AvgIpc) is 3.37. The molecule has 1 aromatic heterocycles. The fourth-order valence-electron chi connectivity index (χ4n) is 4.11. The monoisotopic (exact) mass is 621 g/mol. The first-order chi connectivity index (χ1) is 20.0. The summed E-state index contributed by atoms with van der Waals surface area (Å²) < 4.78 is 84.0. The van der Waals surface area contributed by atoms with Gasteiger partial charge < -0.3 is 19.1 Å². The fraction of sp³-hybridized carbons (Fsp3) is 0.276. The standard InChI is InChI=1S/C29H30F3N3O5S2/c1-34(21-10-11-26(38-2)27(14-21)39-3)28-17-33-29(35(28)20-8-6-19(30)7-9-20)41-18-23-24(31)15-22(16-25(23)32)40-12-5-13-42(4,36)37/h6-11,14-17H,5,12-13,18H2,1-4H3. The van der Waals surface area contributed by atoms with Crippen molar-refractivity contribution in [1.82, 2.24) is 9.55 Å². The minimum Gasteiger partial charge on any atom is -0.493 e. The first-order valence-electron chi connectivity index (χ1n) is 12.7. The molecule has 4 aromatic rings. The average molecular weight is 622 g/mol. The molecular formula is C29H30F3N3O5S2. The topological polar surface area (TPSA) is 82.9 Å². The third-order valence-electron chi connectivity index (χ3n) is 6.28. The van der Waals surface area contributed by atoms with Crippen LogP contribution in [0.15, 0.2) is 66.0 Å². The quantitative estimate of drug-likeness (QED) is 0.129. The molecule has 0 saturated carbocycles. The highest BCUT2D eigenvalue weighted by atomic mass is 32.2. The van der Waals surface area contributed by atoms with Gasteiger partial charge in [0.1, 0.15) is 38.9 Å². The highest BCUT2D eigenvalue weighted by Crippen LogP contribution is 2.37. The second kappa shape index (κ2) is 13.4. The molecule has 0 fully saturated rings. The third-order valence-corrected chi connectivity index (χ3v) is 8.29. The van der Waals surface area contributed by atoms with Gasteiger partial charge in [0.25, 0.3) is 0 Å². The molecule has 8 nitrogen and oxygen atoms in total. The molecule has 0 amide bonds. The number of halogens is 3. The summed E-state index contributed by atoms with van der Waals surface area (Å²) in [4.78, 5) is 6.36. The van der Waals surface area contributed by atoms with Crippen molar-refractivity contribution in [3.05, 3.63) is 83.8 Å². The van der Waals surface area contributed by atoms with Gasteiger partial charge in [-0.1, -0.05) is 11.8 Å². The van der Waals surface area contributed by atoms with E-state index in [1.165, 1.54) is 19.2 Å². The maximum absolute atomic E-state index is 14.9. The summed E-state index contributed by atoms with van der Waals surface area (Å²) in [6.45, 7) is 0.00547. The van der Waals surface area contributed by atoms with Crippen molar-refractivity contribution in [2.45, 2.75) is 17.3 Å². The van der Waals surface area contributed by atoms with E-state index in [2.05, 4.69) is 4.98 Å². The van der Waals surface area contributed by atoms with Crippen LogP contribution in [0.3, 0.4) is 0 Å². The van der Waals surface area contributed by atoms with Gasteiger partial charge in [0.05, 0.1) is 32.8 Å². The Hall–Kier alpha value is -3.84. The molecule has 0 unspecified atom stereocenters. The minimum absolute atomic E-state index is 0.00547. The van der Waals surface area contributed by atoms with E-state index in [0.29, 0.717) is 28.2 Å². The molecule has 0 aliphatic heterocycles. The predicted molar refractivity (Wildman–Crippen MR) is 157 cm³/mol. The van der Waals surface area contributed by atoms with Gasteiger partial charge in [0.2, 0.25) is 0 Å². The van der Waals surface area contributed by atoms with E-state index in [1.807, 2.05) is 18.0 Å². The Morgan fingerprint density at radius 2 is 1.62 bits per heavy atom. The Balaban J connectivity index is 1.60. The first kappa shape index (κ1) is 31.1. The number of sulfone groups is 1. The Labute approximate surface area is 247 Å². The highest BCUT2D eigenvalue weighted by molar-refractivity contribution is 7.98. The Bertz CT molecular complexity index is 1620. The van der Waals surface area contributed by atoms with Gasteiger partial charge in [0.15, 0.2) is 16.7 Å². The van der Waals surface area contributed by atoms with Crippen LogP contribution in [0.1, 0.15) is 12.0 Å². The lowest BCUT2D eigenvalue weighted by atomic mass is 10.2. The smallest absolute Gasteiger partial charge is 0.174 e. The molecule has 0 spiro atoms. The second-order valence-corrected chi connectivity index (χ2v) is 12.5. The van der Waals surface area contributed by atoms with E-state index in [0.717, 1.165) is 35.8 Å². The highest BCUT2D eigenvalue weighted by Gasteiger charge is 2.20. The van der Waals surface area contributed by atoms with E-state index >= 15 is 0 Å². The number of hydrogen-bond acceptors (Lipinski definition) is 8. The summed E-state index contributed by atoms with van der Waals surface area (Å²) in [7, 11) is 1.74. The summed E-state index contributed by atoms with van der Waals surface area (Å²) in [6.07, 6.45) is 2.92. The van der Waals surface area contributed by atoms with E-state index in [9.17, 15) is 21.6 Å². The fourth-order valence-corrected chi connectivity index (χ4v) is 5.76. The Morgan fingerprint density at radius 1 is 0.952 bits per heavy atom. The van der Waals surface area contributed by atoms with Crippen LogP contribution in [-0.2, 0) is 15.6 Å². The zero-order valence-corrected chi connectivity index (χ0v) is 25.1. The molecule has 0 aliphatic carbocycles. The minimum atomic E-state index is -3.16. The van der Waals surface area contributed by atoms with Gasteiger partial charge in [-0.3, -0.25) is 4.57 Å². The van der Waals surface area contributed by atoms with Gasteiger partial charge in [0, 0.05) is 54.2 Å². The number of anilines is 2. The number of aromatic nitrogens is 2. The number of methoxy groups -OCH3 is 2. The zero-order valence-electron chi connectivity index (χ0n) is 23.4. The maximum atomic E-state index is 14.9. The molecule has 0 saturated heterocycles. The SMILES string of the molecule is COc1ccc(N(C)c2cnc(SCc3c(F)cc(OCCCS(C)(=O)=O)cc3F)n2-c2ccc(F)cc2)cc1OC. The van der Waals surface area contributed by atoms with Crippen LogP contribution >= 0.6 is 11.8 Å². The van der Waals surface area contributed by atoms with Crippen LogP contribution in [-0.4, -0.2) is 57.9 Å². The number of imidazole rings is 1. The van der Waals surface area contributed by atoms with E-state index < -0.39 is 27.3 Å². The molecule has 42 heavy (non-hydrogen) atoms. The molecule has 224 valence electrons. The van der Waals surface area contributed by atoms with E-state index in [1.54, 1.807) is 42.1 Å². The van der Waals surface area contributed by atoms with Gasteiger partial charge >= 0.3 is 0 Å². The molecule has 0 radical (unpaired) electrons. The van der Waals surface area contributed by atoms with E-state index in [-0.39, 0.29) is 35.8 Å². The normalized spacial score (nSPS) is 11.4. The summed E-state index contributed by atoms with van der Waals surface area (Å²) in [5.41, 5.74) is 1.17. The lowest BCUT2D eigenvalue weighted by Crippen LogP contribution is -2.14. The van der Waals surface area contributed by atoms with Gasteiger partial charge in [-0.05, 0) is 42.8 Å². The Kier molecular flexibility index (Phi) is 9.94. The van der Waals surface area contributed by atoms with Crippen molar-refractivity contribution in [2.24, 2.45) is 0 Å². The number of nitrogens with zero attached hydrogens (tertiary/aromatic N) is 3. The van der Waals surface area contributed by atoms with Crippen LogP contribution in [0.25, 0.3) is 5.69 Å². The largest absolute Gasteiger partial charge is 0.493 e. The second-order valence-electron chi connectivity index (χ2n) is 9.30. The number of benzene rings is 3. The van der Waals surface area contributed by atoms with Crippen molar-refractivity contribution >= 4 is 33.1 Å². The lowest BCUT2D eigenvalue weighted by molar-refractivity contribution is 0.313. The molecule has 3 aromatic carbocycles. The van der Waals surface area contributed by atoms with Gasteiger partial charge in [-0.25, -0.2) is 26.6 Å². The van der Waals surface area contributed by atoms with Crippen LogP contribution in [0.4, 0.5) is 24.7 Å². The molecule has 13 heteroatoms. The van der Waals surface area contributed by atoms with Crippen molar-refractivity contribution < 1.29 is 35.8 Å². The Morgan fingerprint density at radius 3 is 2.24 bits per heavy atom. The van der Waals surface area contributed by atoms with Gasteiger partial charge in [-0.2, -0.15) is 0 Å². The molecule has 0 N–H and O–H groups in total. The van der Waals surface area contributed by atoms with Crippen LogP contribution in [0.5, 0.6) is 17.2 Å².